The van der Waals surface area contributed by atoms with Gasteiger partial charge in [0, 0.05) is 31.4 Å². The highest BCUT2D eigenvalue weighted by molar-refractivity contribution is 5.99. The summed E-state index contributed by atoms with van der Waals surface area (Å²) in [6.45, 7) is 0.945. The zero-order valence-corrected chi connectivity index (χ0v) is 30.6. The van der Waals surface area contributed by atoms with Gasteiger partial charge in [-0.25, -0.2) is 0 Å². The van der Waals surface area contributed by atoms with E-state index in [2.05, 4.69) is 0 Å². The molecule has 2 heterocycles. The topological polar surface area (TPSA) is 96.3 Å². The summed E-state index contributed by atoms with van der Waals surface area (Å²) in [5.74, 6) is -0.741. The molecule has 8 rings (SSSR count). The van der Waals surface area contributed by atoms with E-state index in [9.17, 15) is 19.8 Å². The Hall–Kier alpha value is -4.92. The molecule has 7 nitrogen and oxygen atoms in total. The summed E-state index contributed by atoms with van der Waals surface area (Å²) < 4.78 is 13.9. The molecular formula is C47H49NO6. The summed E-state index contributed by atoms with van der Waals surface area (Å²) in [6, 6.07) is 47.6. The summed E-state index contributed by atoms with van der Waals surface area (Å²) in [6.07, 6.45) is 5.27. The third-order valence-corrected chi connectivity index (χ3v) is 11.1. The lowest BCUT2D eigenvalue weighted by atomic mass is 9.72. The Kier molecular flexibility index (Phi) is 11.5. The number of ether oxygens (including phenoxy) is 2. The van der Waals surface area contributed by atoms with Gasteiger partial charge in [-0.3, -0.25) is 9.59 Å². The number of aliphatic hydroxyl groups is 2. The van der Waals surface area contributed by atoms with Crippen molar-refractivity contribution >= 4 is 11.7 Å². The van der Waals surface area contributed by atoms with Crippen LogP contribution in [0, 0.1) is 0 Å². The van der Waals surface area contributed by atoms with Gasteiger partial charge >= 0.3 is 0 Å². The molecule has 1 spiro atoms. The quantitative estimate of drug-likeness (QED) is 0.149. The third-order valence-electron chi connectivity index (χ3n) is 11.1. The molecule has 5 aromatic rings. The number of benzene rings is 5. The lowest BCUT2D eigenvalue weighted by Gasteiger charge is -2.42. The molecule has 3 fully saturated rings. The number of likely N-dealkylation sites (tertiary alicyclic amines) is 1. The Labute approximate surface area is 318 Å². The van der Waals surface area contributed by atoms with Gasteiger partial charge in [0.05, 0.1) is 6.54 Å². The molecule has 0 unspecified atom stereocenters. The van der Waals surface area contributed by atoms with Crippen molar-refractivity contribution in [2.24, 2.45) is 0 Å². The predicted molar refractivity (Wildman–Crippen MR) is 209 cm³/mol. The highest BCUT2D eigenvalue weighted by atomic mass is 16.8. The molecule has 2 atom stereocenters. The fourth-order valence-electron chi connectivity index (χ4n) is 8.23. The Balaban J connectivity index is 0.000000235. The number of carbonyl (C=O) groups excluding carboxylic acids is 2. The molecular weight excluding hydrogens is 675 g/mol. The largest absolute Gasteiger partial charge is 0.378 e. The van der Waals surface area contributed by atoms with Crippen LogP contribution in [-0.2, 0) is 25.5 Å². The molecule has 2 N–H and O–H groups in total. The molecule has 1 amide bonds. The van der Waals surface area contributed by atoms with Crippen LogP contribution in [0.3, 0.4) is 0 Å². The fraction of sp³-hybridized carbons (Fsp3) is 0.319. The van der Waals surface area contributed by atoms with Crippen LogP contribution in [-0.4, -0.2) is 57.9 Å². The minimum atomic E-state index is -1.58. The SMILES string of the molecule is O=C(CN1CCCCC1=O)c1ccccc1.OC(c1ccccc1)(c1ccccc1)[C@@H]1OC2(CCCCC2)O[C@H]1C(O)(c1ccccc1)c1ccccc1. The molecule has 1 saturated carbocycles. The number of hydrogen-bond donors (Lipinski definition) is 2. The molecule has 7 heteroatoms. The number of rotatable bonds is 9. The Bertz CT molecular complexity index is 1770. The number of nitrogens with zero attached hydrogens (tertiary/aromatic N) is 1. The van der Waals surface area contributed by atoms with Crippen LogP contribution in [0.25, 0.3) is 0 Å². The van der Waals surface area contributed by atoms with Gasteiger partial charge in [-0.2, -0.15) is 0 Å². The lowest BCUT2D eigenvalue weighted by Crippen LogP contribution is -2.54. The highest BCUT2D eigenvalue weighted by Crippen LogP contribution is 2.53. The van der Waals surface area contributed by atoms with Gasteiger partial charge in [-0.05, 0) is 47.9 Å². The van der Waals surface area contributed by atoms with Crippen molar-refractivity contribution in [3.05, 3.63) is 179 Å². The van der Waals surface area contributed by atoms with Gasteiger partial charge in [0.2, 0.25) is 5.91 Å². The lowest BCUT2D eigenvalue weighted by molar-refractivity contribution is -0.213. The minimum absolute atomic E-state index is 0.0239. The first kappa shape index (κ1) is 37.4. The van der Waals surface area contributed by atoms with E-state index >= 15 is 0 Å². The van der Waals surface area contributed by atoms with Gasteiger partial charge in [0.25, 0.3) is 0 Å². The first-order valence-electron chi connectivity index (χ1n) is 19.2. The number of piperidine rings is 1. The van der Waals surface area contributed by atoms with Crippen LogP contribution in [0.4, 0.5) is 0 Å². The molecule has 5 aromatic carbocycles. The Morgan fingerprint density at radius 2 is 0.963 bits per heavy atom. The summed E-state index contributed by atoms with van der Waals surface area (Å²) in [5, 5.41) is 25.8. The summed E-state index contributed by atoms with van der Waals surface area (Å²) in [4.78, 5) is 25.1. The van der Waals surface area contributed by atoms with Gasteiger partial charge in [-0.15, -0.1) is 0 Å². The van der Waals surface area contributed by atoms with E-state index in [-0.39, 0.29) is 18.2 Å². The monoisotopic (exact) mass is 723 g/mol. The molecule has 2 saturated heterocycles. The first-order chi connectivity index (χ1) is 26.3. The zero-order valence-electron chi connectivity index (χ0n) is 30.6. The number of Topliss-reactive ketones (excluding diaryl/α,β-unsaturated/α-hetero) is 1. The second kappa shape index (κ2) is 16.6. The van der Waals surface area contributed by atoms with Crippen LogP contribution in [0.1, 0.15) is 84.0 Å². The number of ketones is 1. The molecule has 0 bridgehead atoms. The van der Waals surface area contributed by atoms with Gasteiger partial charge in [0.1, 0.15) is 23.4 Å². The van der Waals surface area contributed by atoms with Crippen LogP contribution >= 0.6 is 0 Å². The second-order valence-corrected chi connectivity index (χ2v) is 14.6. The van der Waals surface area contributed by atoms with E-state index < -0.39 is 29.2 Å². The van der Waals surface area contributed by atoms with Gasteiger partial charge in [-0.1, -0.05) is 158 Å². The van der Waals surface area contributed by atoms with Crippen LogP contribution in [0.5, 0.6) is 0 Å². The fourth-order valence-corrected chi connectivity index (χ4v) is 8.23. The highest BCUT2D eigenvalue weighted by Gasteiger charge is 2.63. The van der Waals surface area contributed by atoms with Crippen molar-refractivity contribution in [2.45, 2.75) is 80.6 Å². The van der Waals surface area contributed by atoms with Crippen molar-refractivity contribution in [3.63, 3.8) is 0 Å². The smallest absolute Gasteiger partial charge is 0.222 e. The Morgan fingerprint density at radius 3 is 1.35 bits per heavy atom. The van der Waals surface area contributed by atoms with Crippen LogP contribution in [0.2, 0.25) is 0 Å². The Morgan fingerprint density at radius 1 is 0.574 bits per heavy atom. The normalized spacial score (nSPS) is 19.9. The van der Waals surface area contributed by atoms with Crippen molar-refractivity contribution < 1.29 is 29.3 Å². The van der Waals surface area contributed by atoms with Gasteiger partial charge < -0.3 is 24.6 Å². The third kappa shape index (κ3) is 7.68. The zero-order chi connectivity index (χ0) is 37.4. The van der Waals surface area contributed by atoms with E-state index in [1.54, 1.807) is 17.0 Å². The first-order valence-corrected chi connectivity index (χ1v) is 19.2. The molecule has 2 aliphatic heterocycles. The summed E-state index contributed by atoms with van der Waals surface area (Å²) in [5.41, 5.74) is 0.308. The predicted octanol–water partition coefficient (Wildman–Crippen LogP) is 8.18. The van der Waals surface area contributed by atoms with E-state index in [4.69, 9.17) is 9.47 Å². The second-order valence-electron chi connectivity index (χ2n) is 14.6. The summed E-state index contributed by atoms with van der Waals surface area (Å²) >= 11 is 0. The van der Waals surface area contributed by atoms with Crippen molar-refractivity contribution in [2.75, 3.05) is 13.1 Å². The van der Waals surface area contributed by atoms with Crippen molar-refractivity contribution in [1.82, 2.24) is 4.90 Å². The maximum Gasteiger partial charge on any atom is 0.222 e. The average molecular weight is 724 g/mol. The van der Waals surface area contributed by atoms with Crippen LogP contribution < -0.4 is 0 Å². The summed E-state index contributed by atoms with van der Waals surface area (Å²) in [7, 11) is 0. The maximum atomic E-state index is 12.9. The molecule has 0 aromatic heterocycles. The number of hydrogen-bond acceptors (Lipinski definition) is 6. The number of amides is 1. The maximum absolute atomic E-state index is 12.9. The molecule has 54 heavy (non-hydrogen) atoms. The van der Waals surface area contributed by atoms with E-state index in [1.807, 2.05) is 140 Å². The van der Waals surface area contributed by atoms with E-state index in [1.165, 1.54) is 0 Å². The molecule has 278 valence electrons. The minimum Gasteiger partial charge on any atom is -0.378 e. The van der Waals surface area contributed by atoms with E-state index in [0.29, 0.717) is 34.2 Å². The molecule has 0 radical (unpaired) electrons. The van der Waals surface area contributed by atoms with Crippen molar-refractivity contribution in [1.29, 1.82) is 0 Å². The average Bonchev–Trinajstić information content (AvgIpc) is 3.62. The van der Waals surface area contributed by atoms with Crippen molar-refractivity contribution in [3.8, 4) is 0 Å². The number of carbonyl (C=O) groups is 2. The van der Waals surface area contributed by atoms with Gasteiger partial charge in [0.15, 0.2) is 11.6 Å². The molecule has 3 aliphatic rings. The van der Waals surface area contributed by atoms with Crippen LogP contribution in [0.15, 0.2) is 152 Å². The molecule has 1 aliphatic carbocycles. The standard InChI is InChI=1S/C34H34O4.C13H15NO2/c35-33(26-16-6-1-7-17-26,27-18-8-2-9-19-27)30-31(38-32(37-30)24-14-5-15-25-32)34(36,28-20-10-3-11-21-28)29-22-12-4-13-23-29;15-12(11-6-2-1-3-7-11)10-14-9-5-4-8-13(14)16/h1-4,6-13,16-23,30-31,35-36H,5,14-15,24-25H2;1-3,6-7H,4-5,8-10H2/t30-,31-;/m1./s1. The van der Waals surface area contributed by atoms with E-state index in [0.717, 1.165) is 51.5 Å².